The number of rotatable bonds is 8. The van der Waals surface area contributed by atoms with Crippen LogP contribution in [0.15, 0.2) is 75.9 Å². The SMILES string of the molecule is CCOC(=O)c1ccc(NC(=O)C(=O)NCc2ccc(/C=C3/C(=O)N(c4ccc(Cl)c(Cl)c4)C(C)=C3C(=O)OC)o2)cc1. The number of methoxy groups -OCH3 is 1. The molecule has 3 aromatic rings. The minimum Gasteiger partial charge on any atom is -0.465 e. The van der Waals surface area contributed by atoms with Crippen LogP contribution in [0, 0.1) is 0 Å². The minimum absolute atomic E-state index is 0.0220. The highest BCUT2D eigenvalue weighted by Crippen LogP contribution is 2.37. The number of anilines is 2. The third kappa shape index (κ3) is 6.96. The Bertz CT molecular complexity index is 1670. The van der Waals surface area contributed by atoms with Crippen molar-refractivity contribution in [2.24, 2.45) is 0 Å². The standard InChI is InChI=1S/C30H25Cl2N3O8/c1-4-42-29(39)17-5-7-18(8-6-17)34-27(37)26(36)33-15-21-11-10-20(43-21)14-22-25(30(40)41-3)16(2)35(28(22)38)19-9-12-23(31)24(32)13-19/h5-14H,4,15H2,1-3H3,(H,33,36)(H,34,37)/b22-14+. The normalized spacial score (nSPS) is 13.7. The van der Waals surface area contributed by atoms with E-state index < -0.39 is 29.7 Å². The van der Waals surface area contributed by atoms with Crippen LogP contribution in [0.25, 0.3) is 6.08 Å². The van der Waals surface area contributed by atoms with Gasteiger partial charge in [-0.05, 0) is 74.5 Å². The van der Waals surface area contributed by atoms with Gasteiger partial charge in [0.25, 0.3) is 5.91 Å². The molecule has 4 rings (SSSR count). The third-order valence-electron chi connectivity index (χ3n) is 6.20. The van der Waals surface area contributed by atoms with Gasteiger partial charge in [-0.2, -0.15) is 0 Å². The number of hydrogen-bond donors (Lipinski definition) is 2. The van der Waals surface area contributed by atoms with Gasteiger partial charge in [0.15, 0.2) is 0 Å². The Hall–Kier alpha value is -4.87. The number of esters is 2. The molecular weight excluding hydrogens is 601 g/mol. The van der Waals surface area contributed by atoms with Gasteiger partial charge in [0.05, 0.1) is 52.7 Å². The van der Waals surface area contributed by atoms with E-state index in [1.807, 2.05) is 0 Å². The number of benzene rings is 2. The summed E-state index contributed by atoms with van der Waals surface area (Å²) in [6.07, 6.45) is 1.38. The van der Waals surface area contributed by atoms with E-state index in [4.69, 9.17) is 37.1 Å². The number of nitrogens with zero attached hydrogens (tertiary/aromatic N) is 1. The Morgan fingerprint density at radius 2 is 1.67 bits per heavy atom. The molecule has 1 aliphatic rings. The first-order chi connectivity index (χ1) is 20.5. The van der Waals surface area contributed by atoms with Crippen LogP contribution in [0.2, 0.25) is 10.0 Å². The molecule has 222 valence electrons. The summed E-state index contributed by atoms with van der Waals surface area (Å²) >= 11 is 12.2. The maximum Gasteiger partial charge on any atom is 0.340 e. The Labute approximate surface area is 256 Å². The average Bonchev–Trinajstić information content (AvgIpc) is 3.54. The van der Waals surface area contributed by atoms with Crippen LogP contribution in [0.1, 0.15) is 35.7 Å². The van der Waals surface area contributed by atoms with Crippen molar-refractivity contribution < 1.29 is 37.9 Å². The molecule has 0 bridgehead atoms. The van der Waals surface area contributed by atoms with Crippen LogP contribution in [-0.4, -0.2) is 43.4 Å². The van der Waals surface area contributed by atoms with Crippen molar-refractivity contribution in [3.8, 4) is 0 Å². The van der Waals surface area contributed by atoms with Crippen molar-refractivity contribution in [1.82, 2.24) is 5.32 Å². The molecule has 3 amide bonds. The monoisotopic (exact) mass is 625 g/mol. The molecule has 0 unspecified atom stereocenters. The number of amides is 3. The van der Waals surface area contributed by atoms with Gasteiger partial charge in [-0.15, -0.1) is 0 Å². The molecule has 0 atom stereocenters. The first kappa shape index (κ1) is 31.1. The van der Waals surface area contributed by atoms with Gasteiger partial charge in [0.2, 0.25) is 0 Å². The van der Waals surface area contributed by atoms with Crippen molar-refractivity contribution in [3.63, 3.8) is 0 Å². The molecule has 2 aromatic carbocycles. The summed E-state index contributed by atoms with van der Waals surface area (Å²) in [7, 11) is 1.20. The number of nitrogens with one attached hydrogen (secondary N) is 2. The van der Waals surface area contributed by atoms with Gasteiger partial charge in [-0.1, -0.05) is 23.2 Å². The molecule has 0 fully saturated rings. The molecular formula is C30H25Cl2N3O8. The van der Waals surface area contributed by atoms with Crippen LogP contribution in [-0.2, 0) is 35.2 Å². The molecule has 2 heterocycles. The highest BCUT2D eigenvalue weighted by molar-refractivity contribution is 6.42. The summed E-state index contributed by atoms with van der Waals surface area (Å²) in [6, 6.07) is 13.6. The van der Waals surface area contributed by atoms with Crippen molar-refractivity contribution in [2.45, 2.75) is 20.4 Å². The van der Waals surface area contributed by atoms with Gasteiger partial charge in [0, 0.05) is 11.4 Å². The topological polar surface area (TPSA) is 144 Å². The lowest BCUT2D eigenvalue weighted by atomic mass is 10.1. The first-order valence-corrected chi connectivity index (χ1v) is 13.6. The number of allylic oxidation sites excluding steroid dienone is 1. The molecule has 0 aliphatic carbocycles. The Morgan fingerprint density at radius 3 is 2.33 bits per heavy atom. The van der Waals surface area contributed by atoms with E-state index in [1.54, 1.807) is 32.0 Å². The van der Waals surface area contributed by atoms with Gasteiger partial charge in [-0.3, -0.25) is 19.3 Å². The molecule has 13 heteroatoms. The van der Waals surface area contributed by atoms with Gasteiger partial charge < -0.3 is 24.5 Å². The molecule has 0 radical (unpaired) electrons. The van der Waals surface area contributed by atoms with Crippen LogP contribution in [0.3, 0.4) is 0 Å². The fraction of sp³-hybridized carbons (Fsp3) is 0.167. The van der Waals surface area contributed by atoms with E-state index in [1.165, 1.54) is 54.5 Å². The van der Waals surface area contributed by atoms with E-state index in [-0.39, 0.29) is 40.8 Å². The van der Waals surface area contributed by atoms with Crippen molar-refractivity contribution in [1.29, 1.82) is 0 Å². The molecule has 0 saturated carbocycles. The first-order valence-electron chi connectivity index (χ1n) is 12.8. The molecule has 1 aromatic heterocycles. The predicted octanol–water partition coefficient (Wildman–Crippen LogP) is 4.90. The fourth-order valence-electron chi connectivity index (χ4n) is 4.16. The second-order valence-corrected chi connectivity index (χ2v) is 9.80. The number of carbonyl (C=O) groups is 5. The maximum atomic E-state index is 13.4. The van der Waals surface area contributed by atoms with Crippen molar-refractivity contribution in [2.75, 3.05) is 23.9 Å². The molecule has 2 N–H and O–H groups in total. The third-order valence-corrected chi connectivity index (χ3v) is 6.94. The van der Waals surface area contributed by atoms with Crippen LogP contribution >= 0.6 is 23.2 Å². The molecule has 1 aliphatic heterocycles. The largest absolute Gasteiger partial charge is 0.465 e. The zero-order valence-electron chi connectivity index (χ0n) is 23.2. The summed E-state index contributed by atoms with van der Waals surface area (Å²) in [4.78, 5) is 63.8. The lowest BCUT2D eigenvalue weighted by molar-refractivity contribution is -0.136. The summed E-state index contributed by atoms with van der Waals surface area (Å²) in [6.45, 7) is 3.37. The maximum absolute atomic E-state index is 13.4. The van der Waals surface area contributed by atoms with E-state index in [0.717, 1.165) is 0 Å². The predicted molar refractivity (Wildman–Crippen MR) is 158 cm³/mol. The smallest absolute Gasteiger partial charge is 0.340 e. The van der Waals surface area contributed by atoms with Gasteiger partial charge >= 0.3 is 23.8 Å². The molecule has 43 heavy (non-hydrogen) atoms. The van der Waals surface area contributed by atoms with Crippen LogP contribution in [0.4, 0.5) is 11.4 Å². The number of hydrogen-bond acceptors (Lipinski definition) is 8. The highest BCUT2D eigenvalue weighted by Gasteiger charge is 2.38. The zero-order chi connectivity index (χ0) is 31.3. The Morgan fingerprint density at radius 1 is 0.953 bits per heavy atom. The van der Waals surface area contributed by atoms with E-state index in [0.29, 0.717) is 27.7 Å². The number of carbonyl (C=O) groups excluding carboxylic acids is 5. The second kappa shape index (κ2) is 13.4. The lowest BCUT2D eigenvalue weighted by Crippen LogP contribution is -2.34. The minimum atomic E-state index is -0.930. The summed E-state index contributed by atoms with van der Waals surface area (Å²) in [5.41, 5.74) is 1.39. The van der Waals surface area contributed by atoms with E-state index in [9.17, 15) is 24.0 Å². The number of halogens is 2. The molecule has 0 saturated heterocycles. The second-order valence-electron chi connectivity index (χ2n) is 8.99. The zero-order valence-corrected chi connectivity index (χ0v) is 24.7. The summed E-state index contributed by atoms with van der Waals surface area (Å²) in [5.74, 6) is -3.11. The Balaban J connectivity index is 1.44. The lowest BCUT2D eigenvalue weighted by Gasteiger charge is -2.18. The average molecular weight is 626 g/mol. The fourth-order valence-corrected chi connectivity index (χ4v) is 4.46. The van der Waals surface area contributed by atoms with E-state index in [2.05, 4.69) is 10.6 Å². The van der Waals surface area contributed by atoms with Crippen LogP contribution < -0.4 is 15.5 Å². The number of ether oxygens (including phenoxy) is 2. The van der Waals surface area contributed by atoms with Crippen molar-refractivity contribution in [3.05, 3.63) is 98.6 Å². The molecule has 0 spiro atoms. The van der Waals surface area contributed by atoms with E-state index >= 15 is 0 Å². The van der Waals surface area contributed by atoms with Gasteiger partial charge in [-0.25, -0.2) is 9.59 Å². The quantitative estimate of drug-likeness (QED) is 0.204. The Kier molecular flexibility index (Phi) is 9.69. The van der Waals surface area contributed by atoms with Crippen molar-refractivity contribution >= 4 is 70.3 Å². The highest BCUT2D eigenvalue weighted by atomic mass is 35.5. The van der Waals surface area contributed by atoms with Gasteiger partial charge in [0.1, 0.15) is 11.5 Å². The summed E-state index contributed by atoms with van der Waals surface area (Å²) < 4.78 is 15.5. The molecule has 11 nitrogen and oxygen atoms in total. The summed E-state index contributed by atoms with van der Waals surface area (Å²) in [5, 5.41) is 5.41. The van der Waals surface area contributed by atoms with Crippen LogP contribution in [0.5, 0.6) is 0 Å². The number of furan rings is 1.